The minimum absolute atomic E-state index is 0.0753. The van der Waals surface area contributed by atoms with Gasteiger partial charge in [0, 0.05) is 0 Å². The largest absolute Gasteiger partial charge is 0.296 e. The highest BCUT2D eigenvalue weighted by molar-refractivity contribution is 7.91. The van der Waals surface area contributed by atoms with E-state index in [1.165, 1.54) is 12.1 Å². The van der Waals surface area contributed by atoms with E-state index in [2.05, 4.69) is 0 Å². The van der Waals surface area contributed by atoms with Crippen LogP contribution in [-0.4, -0.2) is 34.4 Å². The fourth-order valence-corrected chi connectivity index (χ4v) is 3.37. The minimum Gasteiger partial charge on any atom is -0.266 e. The molecule has 20 heavy (non-hydrogen) atoms. The van der Waals surface area contributed by atoms with Gasteiger partial charge in [-0.25, -0.2) is 8.42 Å². The summed E-state index contributed by atoms with van der Waals surface area (Å²) in [6.07, 6.45) is 0.158. The summed E-state index contributed by atoms with van der Waals surface area (Å²) in [6, 6.07) is 6.30. The molecule has 0 spiro atoms. The van der Waals surface area contributed by atoms with Gasteiger partial charge in [0.05, 0.1) is 22.5 Å². The summed E-state index contributed by atoms with van der Waals surface area (Å²) in [4.78, 5) is 0.0785. The Balaban J connectivity index is 2.55. The van der Waals surface area contributed by atoms with Gasteiger partial charge in [0.1, 0.15) is 0 Å². The van der Waals surface area contributed by atoms with Crippen LogP contribution >= 0.6 is 0 Å². The molecule has 0 aliphatic carbocycles. The zero-order valence-electron chi connectivity index (χ0n) is 11.9. The summed E-state index contributed by atoms with van der Waals surface area (Å²) in [5, 5.41) is -0.462. The molecule has 0 atom stereocenters. The first-order chi connectivity index (χ1) is 9.15. The van der Waals surface area contributed by atoms with Crippen LogP contribution in [0, 0.1) is 6.92 Å². The van der Waals surface area contributed by atoms with Crippen LogP contribution in [0.25, 0.3) is 0 Å². The monoisotopic (exact) mass is 320 g/mol. The quantitative estimate of drug-likeness (QED) is 0.566. The van der Waals surface area contributed by atoms with Crippen LogP contribution < -0.4 is 0 Å². The van der Waals surface area contributed by atoms with E-state index in [1.807, 2.05) is 6.92 Å². The predicted octanol–water partition coefficient (Wildman–Crippen LogP) is 1.91. The molecule has 1 rings (SSSR count). The number of rotatable bonds is 7. The second-order valence-corrected chi connectivity index (χ2v) is 9.15. The first-order valence-corrected chi connectivity index (χ1v) is 9.45. The number of aryl methyl sites for hydroxylation is 1. The highest BCUT2D eigenvalue weighted by Gasteiger charge is 2.18. The van der Waals surface area contributed by atoms with Crippen LogP contribution in [0.4, 0.5) is 0 Å². The number of hydrogen-bond donors (Lipinski definition) is 0. The Morgan fingerprint density at radius 3 is 2.10 bits per heavy atom. The lowest BCUT2D eigenvalue weighted by atomic mass is 10.2. The first-order valence-electron chi connectivity index (χ1n) is 6.33. The molecule has 0 amide bonds. The lowest BCUT2D eigenvalue weighted by Crippen LogP contribution is -2.19. The molecule has 0 fully saturated rings. The molecule has 0 saturated heterocycles. The first kappa shape index (κ1) is 17.1. The van der Waals surface area contributed by atoms with Crippen LogP contribution in [0.3, 0.4) is 0 Å². The summed E-state index contributed by atoms with van der Waals surface area (Å²) in [7, 11) is -6.97. The van der Waals surface area contributed by atoms with Crippen molar-refractivity contribution in [3.63, 3.8) is 0 Å². The van der Waals surface area contributed by atoms with Crippen molar-refractivity contribution in [3.05, 3.63) is 29.8 Å². The Morgan fingerprint density at radius 2 is 1.60 bits per heavy atom. The number of hydrogen-bond acceptors (Lipinski definition) is 5. The Hall–Kier alpha value is -0.920. The van der Waals surface area contributed by atoms with Gasteiger partial charge in [0.2, 0.25) is 0 Å². The Labute approximate surface area is 121 Å². The zero-order chi connectivity index (χ0) is 15.4. The van der Waals surface area contributed by atoms with Gasteiger partial charge in [0.25, 0.3) is 10.1 Å². The molecule has 0 aromatic heterocycles. The van der Waals surface area contributed by atoms with E-state index < -0.39 is 25.2 Å². The van der Waals surface area contributed by atoms with Crippen molar-refractivity contribution in [2.24, 2.45) is 0 Å². The van der Waals surface area contributed by atoms with Crippen molar-refractivity contribution >= 4 is 20.0 Å². The third-order valence-electron chi connectivity index (χ3n) is 2.84. The van der Waals surface area contributed by atoms with Crippen LogP contribution in [-0.2, 0) is 24.1 Å². The van der Waals surface area contributed by atoms with Crippen LogP contribution in [0.1, 0.15) is 25.8 Å². The van der Waals surface area contributed by atoms with Crippen molar-refractivity contribution < 1.29 is 21.0 Å². The fourth-order valence-electron chi connectivity index (χ4n) is 1.44. The number of sulfone groups is 1. The van der Waals surface area contributed by atoms with E-state index in [4.69, 9.17) is 4.18 Å². The Bertz CT molecular complexity index is 628. The second kappa shape index (κ2) is 6.69. The second-order valence-electron chi connectivity index (χ2n) is 4.86. The molecule has 0 heterocycles. The molecule has 114 valence electrons. The molecule has 5 nitrogen and oxygen atoms in total. The summed E-state index contributed by atoms with van der Waals surface area (Å²) >= 11 is 0. The summed E-state index contributed by atoms with van der Waals surface area (Å²) in [5.74, 6) is -0.0753. The highest BCUT2D eigenvalue weighted by Crippen LogP contribution is 2.13. The minimum atomic E-state index is -3.81. The molecule has 7 heteroatoms. The summed E-state index contributed by atoms with van der Waals surface area (Å²) in [5.41, 5.74) is 0.951. The maximum Gasteiger partial charge on any atom is 0.296 e. The fraction of sp³-hybridized carbons (Fsp3) is 0.538. The van der Waals surface area contributed by atoms with Gasteiger partial charge in [0.15, 0.2) is 9.84 Å². The maximum absolute atomic E-state index is 11.8. The van der Waals surface area contributed by atoms with Gasteiger partial charge in [-0.3, -0.25) is 4.18 Å². The van der Waals surface area contributed by atoms with E-state index in [9.17, 15) is 16.8 Å². The molecule has 0 aliphatic heterocycles. The topological polar surface area (TPSA) is 77.5 Å². The average molecular weight is 320 g/mol. The van der Waals surface area contributed by atoms with Gasteiger partial charge in [-0.15, -0.1) is 0 Å². The molecular weight excluding hydrogens is 300 g/mol. The average Bonchev–Trinajstić information content (AvgIpc) is 2.35. The van der Waals surface area contributed by atoms with Crippen molar-refractivity contribution in [1.82, 2.24) is 0 Å². The van der Waals surface area contributed by atoms with Crippen molar-refractivity contribution in [1.29, 1.82) is 0 Å². The standard InChI is InChI=1S/C13H20O5S2/c1-11(2)19(14,15)10-4-9-18-20(16,17)13-7-5-12(3)6-8-13/h5-8,11H,4,9-10H2,1-3H3. The molecular formula is C13H20O5S2. The van der Waals surface area contributed by atoms with E-state index in [1.54, 1.807) is 26.0 Å². The molecule has 1 aromatic rings. The van der Waals surface area contributed by atoms with E-state index in [-0.39, 0.29) is 23.7 Å². The van der Waals surface area contributed by atoms with Crippen LogP contribution in [0.2, 0.25) is 0 Å². The molecule has 0 unspecified atom stereocenters. The third-order valence-corrected chi connectivity index (χ3v) is 6.46. The normalized spacial score (nSPS) is 12.8. The third kappa shape index (κ3) is 4.88. The molecule has 0 radical (unpaired) electrons. The molecule has 0 aliphatic rings. The lowest BCUT2D eigenvalue weighted by Gasteiger charge is -2.08. The van der Waals surface area contributed by atoms with Crippen molar-refractivity contribution in [3.8, 4) is 0 Å². The van der Waals surface area contributed by atoms with E-state index in [0.29, 0.717) is 0 Å². The van der Waals surface area contributed by atoms with Gasteiger partial charge < -0.3 is 0 Å². The molecule has 1 aromatic carbocycles. The number of benzene rings is 1. The molecule has 0 bridgehead atoms. The molecule has 0 saturated carbocycles. The van der Waals surface area contributed by atoms with Gasteiger partial charge >= 0.3 is 0 Å². The van der Waals surface area contributed by atoms with Crippen molar-refractivity contribution in [2.75, 3.05) is 12.4 Å². The Kier molecular flexibility index (Phi) is 5.73. The Morgan fingerprint density at radius 1 is 1.05 bits per heavy atom. The highest BCUT2D eigenvalue weighted by atomic mass is 32.2. The predicted molar refractivity (Wildman–Crippen MR) is 77.9 cm³/mol. The lowest BCUT2D eigenvalue weighted by molar-refractivity contribution is 0.318. The van der Waals surface area contributed by atoms with Crippen LogP contribution in [0.5, 0.6) is 0 Å². The van der Waals surface area contributed by atoms with Gasteiger partial charge in [-0.05, 0) is 39.3 Å². The SMILES string of the molecule is Cc1ccc(S(=O)(=O)OCCCS(=O)(=O)C(C)C)cc1. The van der Waals surface area contributed by atoms with Gasteiger partial charge in [-0.1, -0.05) is 17.7 Å². The smallest absolute Gasteiger partial charge is 0.266 e. The van der Waals surface area contributed by atoms with Gasteiger partial charge in [-0.2, -0.15) is 8.42 Å². The van der Waals surface area contributed by atoms with Crippen LogP contribution in [0.15, 0.2) is 29.2 Å². The molecule has 0 N–H and O–H groups in total. The summed E-state index contributed by atoms with van der Waals surface area (Å²) in [6.45, 7) is 4.91. The van der Waals surface area contributed by atoms with Crippen molar-refractivity contribution in [2.45, 2.75) is 37.3 Å². The van der Waals surface area contributed by atoms with E-state index in [0.717, 1.165) is 5.56 Å². The zero-order valence-corrected chi connectivity index (χ0v) is 13.5. The van der Waals surface area contributed by atoms with E-state index >= 15 is 0 Å². The summed E-state index contributed by atoms with van der Waals surface area (Å²) < 4.78 is 51.6. The maximum atomic E-state index is 11.8.